The van der Waals surface area contributed by atoms with Crippen LogP contribution in [0, 0.1) is 5.92 Å². The lowest BCUT2D eigenvalue weighted by atomic mass is 10.1. The molecule has 2 aromatic rings. The van der Waals surface area contributed by atoms with Gasteiger partial charge in [0, 0.05) is 13.0 Å². The van der Waals surface area contributed by atoms with Crippen LogP contribution < -0.4 is 14.8 Å². The molecule has 7 heteroatoms. The number of nitrogens with zero attached hydrogens (tertiary/aromatic N) is 3. The zero-order chi connectivity index (χ0) is 15.1. The molecule has 1 aliphatic heterocycles. The highest BCUT2D eigenvalue weighted by Crippen LogP contribution is 2.49. The molecule has 4 rings (SSSR count). The minimum absolute atomic E-state index is 0.0176. The molecular weight excluding hydrogens is 284 g/mol. The Morgan fingerprint density at radius 1 is 1.32 bits per heavy atom. The van der Waals surface area contributed by atoms with Crippen molar-refractivity contribution in [2.45, 2.75) is 12.3 Å². The van der Waals surface area contributed by atoms with Gasteiger partial charge in [0.2, 0.25) is 11.9 Å². The lowest BCUT2D eigenvalue weighted by molar-refractivity contribution is -0.117. The summed E-state index contributed by atoms with van der Waals surface area (Å²) in [5.74, 6) is 2.19. The fraction of sp³-hybridized carbons (Fsp3) is 0.400. The normalized spacial score (nSPS) is 22.2. The van der Waals surface area contributed by atoms with Gasteiger partial charge in [0.05, 0.1) is 0 Å². The van der Waals surface area contributed by atoms with E-state index in [4.69, 9.17) is 9.47 Å². The molecular formula is C15H16N4O3. The quantitative estimate of drug-likeness (QED) is 0.925. The fourth-order valence-corrected chi connectivity index (χ4v) is 2.76. The standard InChI is InChI=1S/C15H16N4O3/c1-19-15(16-8-17-19)18-14(20)11-7-10(11)9-2-3-12-13(6-9)22-5-4-21-12/h2-3,6,8,10-11H,4-5,7H2,1H3,(H,16,17,18,20). The number of fused-ring (bicyclic) bond motifs is 1. The maximum Gasteiger partial charge on any atom is 0.230 e. The van der Waals surface area contributed by atoms with E-state index in [2.05, 4.69) is 15.4 Å². The van der Waals surface area contributed by atoms with Crippen LogP contribution in [0.25, 0.3) is 0 Å². The van der Waals surface area contributed by atoms with E-state index in [-0.39, 0.29) is 17.7 Å². The Bertz CT molecular complexity index is 727. The predicted molar refractivity (Wildman–Crippen MR) is 77.9 cm³/mol. The first-order chi connectivity index (χ1) is 10.7. The van der Waals surface area contributed by atoms with Crippen molar-refractivity contribution in [2.24, 2.45) is 13.0 Å². The van der Waals surface area contributed by atoms with Crippen LogP contribution >= 0.6 is 0 Å². The van der Waals surface area contributed by atoms with E-state index < -0.39 is 0 Å². The summed E-state index contributed by atoms with van der Waals surface area (Å²) in [5, 5.41) is 6.74. The number of hydrogen-bond acceptors (Lipinski definition) is 5. The first-order valence-electron chi connectivity index (χ1n) is 7.27. The lowest BCUT2D eigenvalue weighted by Gasteiger charge is -2.18. The summed E-state index contributed by atoms with van der Waals surface area (Å²) in [7, 11) is 1.74. The molecule has 0 saturated heterocycles. The van der Waals surface area contributed by atoms with E-state index in [1.54, 1.807) is 11.7 Å². The first kappa shape index (κ1) is 13.1. The van der Waals surface area contributed by atoms with Gasteiger partial charge in [-0.2, -0.15) is 10.1 Å². The second-order valence-corrected chi connectivity index (χ2v) is 5.55. The monoisotopic (exact) mass is 300 g/mol. The third-order valence-electron chi connectivity index (χ3n) is 4.07. The summed E-state index contributed by atoms with van der Waals surface area (Å²) < 4.78 is 12.6. The van der Waals surface area contributed by atoms with Gasteiger partial charge in [0.15, 0.2) is 11.5 Å². The van der Waals surface area contributed by atoms with Gasteiger partial charge in [-0.3, -0.25) is 10.1 Å². The molecule has 0 bridgehead atoms. The number of aryl methyl sites for hydroxylation is 1. The highest BCUT2D eigenvalue weighted by molar-refractivity contribution is 5.93. The highest BCUT2D eigenvalue weighted by atomic mass is 16.6. The van der Waals surface area contributed by atoms with E-state index >= 15 is 0 Å². The van der Waals surface area contributed by atoms with Crippen LogP contribution in [0.4, 0.5) is 5.95 Å². The Balaban J connectivity index is 1.45. The number of anilines is 1. The van der Waals surface area contributed by atoms with E-state index in [0.29, 0.717) is 19.2 Å². The summed E-state index contributed by atoms with van der Waals surface area (Å²) in [4.78, 5) is 16.3. The summed E-state index contributed by atoms with van der Waals surface area (Å²) >= 11 is 0. The van der Waals surface area contributed by atoms with Gasteiger partial charge < -0.3 is 9.47 Å². The number of ether oxygens (including phenoxy) is 2. The van der Waals surface area contributed by atoms with E-state index in [9.17, 15) is 4.79 Å². The lowest BCUT2D eigenvalue weighted by Crippen LogP contribution is -2.18. The predicted octanol–water partition coefficient (Wildman–Crippen LogP) is 1.33. The first-order valence-corrected chi connectivity index (χ1v) is 7.27. The number of aromatic nitrogens is 3. The fourth-order valence-electron chi connectivity index (χ4n) is 2.76. The summed E-state index contributed by atoms with van der Waals surface area (Å²) in [6, 6.07) is 5.91. The number of nitrogens with one attached hydrogen (secondary N) is 1. The van der Waals surface area contributed by atoms with Crippen molar-refractivity contribution in [1.82, 2.24) is 14.8 Å². The highest BCUT2D eigenvalue weighted by Gasteiger charge is 2.44. The second kappa shape index (κ2) is 5.01. The van der Waals surface area contributed by atoms with Crippen LogP contribution in [-0.4, -0.2) is 33.9 Å². The number of carbonyl (C=O) groups is 1. The largest absolute Gasteiger partial charge is 0.486 e. The van der Waals surface area contributed by atoms with Gasteiger partial charge in [-0.15, -0.1) is 0 Å². The van der Waals surface area contributed by atoms with Crippen molar-refractivity contribution in [3.05, 3.63) is 30.1 Å². The van der Waals surface area contributed by atoms with E-state index in [1.165, 1.54) is 6.33 Å². The maximum atomic E-state index is 12.2. The number of carbonyl (C=O) groups excluding carboxylic acids is 1. The number of amides is 1. The molecule has 2 heterocycles. The summed E-state index contributed by atoms with van der Waals surface area (Å²) in [6.45, 7) is 1.15. The van der Waals surface area contributed by atoms with Gasteiger partial charge in [0.25, 0.3) is 0 Å². The molecule has 2 unspecified atom stereocenters. The van der Waals surface area contributed by atoms with Crippen molar-refractivity contribution >= 4 is 11.9 Å². The van der Waals surface area contributed by atoms with Gasteiger partial charge >= 0.3 is 0 Å². The molecule has 1 aromatic heterocycles. The zero-order valence-corrected chi connectivity index (χ0v) is 12.2. The van der Waals surface area contributed by atoms with Crippen molar-refractivity contribution in [3.8, 4) is 11.5 Å². The molecule has 114 valence electrons. The van der Waals surface area contributed by atoms with Crippen LogP contribution in [0.3, 0.4) is 0 Å². The van der Waals surface area contributed by atoms with Crippen LogP contribution in [0.2, 0.25) is 0 Å². The third kappa shape index (κ3) is 2.28. The number of hydrogen-bond donors (Lipinski definition) is 1. The molecule has 7 nitrogen and oxygen atoms in total. The second-order valence-electron chi connectivity index (χ2n) is 5.55. The minimum Gasteiger partial charge on any atom is -0.486 e. The van der Waals surface area contributed by atoms with Crippen LogP contribution in [-0.2, 0) is 11.8 Å². The van der Waals surface area contributed by atoms with Crippen LogP contribution in [0.1, 0.15) is 17.9 Å². The molecule has 1 amide bonds. The Morgan fingerprint density at radius 2 is 2.14 bits per heavy atom. The molecule has 1 fully saturated rings. The van der Waals surface area contributed by atoms with Crippen LogP contribution in [0.5, 0.6) is 11.5 Å². The Hall–Kier alpha value is -2.57. The molecule has 1 N–H and O–H groups in total. The average molecular weight is 300 g/mol. The van der Waals surface area contributed by atoms with Gasteiger partial charge in [-0.25, -0.2) is 4.68 Å². The Labute approximate surface area is 127 Å². The smallest absolute Gasteiger partial charge is 0.230 e. The Morgan fingerprint density at radius 3 is 2.91 bits per heavy atom. The van der Waals surface area contributed by atoms with E-state index in [0.717, 1.165) is 23.5 Å². The molecule has 1 saturated carbocycles. The average Bonchev–Trinajstić information content (AvgIpc) is 3.25. The number of rotatable bonds is 3. The van der Waals surface area contributed by atoms with Crippen molar-refractivity contribution < 1.29 is 14.3 Å². The van der Waals surface area contributed by atoms with E-state index in [1.807, 2.05) is 18.2 Å². The van der Waals surface area contributed by atoms with Crippen molar-refractivity contribution in [3.63, 3.8) is 0 Å². The molecule has 1 aromatic carbocycles. The van der Waals surface area contributed by atoms with Gasteiger partial charge in [-0.1, -0.05) is 6.07 Å². The van der Waals surface area contributed by atoms with Crippen LogP contribution in [0.15, 0.2) is 24.5 Å². The molecule has 22 heavy (non-hydrogen) atoms. The topological polar surface area (TPSA) is 78.3 Å². The SMILES string of the molecule is Cn1ncnc1NC(=O)C1CC1c1ccc2c(c1)OCCO2. The maximum absolute atomic E-state index is 12.2. The molecule has 2 atom stereocenters. The summed E-state index contributed by atoms with van der Waals surface area (Å²) in [6.07, 6.45) is 2.25. The van der Waals surface area contributed by atoms with Crippen molar-refractivity contribution in [1.29, 1.82) is 0 Å². The van der Waals surface area contributed by atoms with Gasteiger partial charge in [-0.05, 0) is 30.0 Å². The molecule has 0 radical (unpaired) electrons. The van der Waals surface area contributed by atoms with Crippen molar-refractivity contribution in [2.75, 3.05) is 18.5 Å². The third-order valence-corrected chi connectivity index (χ3v) is 4.07. The zero-order valence-electron chi connectivity index (χ0n) is 12.2. The number of benzene rings is 1. The molecule has 1 aliphatic carbocycles. The minimum atomic E-state index is -0.0285. The molecule has 0 spiro atoms. The van der Waals surface area contributed by atoms with Gasteiger partial charge in [0.1, 0.15) is 19.5 Å². The Kier molecular flexibility index (Phi) is 2.99. The summed E-state index contributed by atoms with van der Waals surface area (Å²) in [5.41, 5.74) is 1.11. The molecule has 2 aliphatic rings.